The second-order valence-electron chi connectivity index (χ2n) is 14.0. The average Bonchev–Trinajstić information content (AvgIpc) is 3.25. The van der Waals surface area contributed by atoms with Crippen molar-refractivity contribution in [3.63, 3.8) is 0 Å². The van der Waals surface area contributed by atoms with Gasteiger partial charge in [-0.1, -0.05) is 170 Å². The number of pyridine rings is 2. The first-order chi connectivity index (χ1) is 26.8. The molecule has 0 spiro atoms. The number of hydrogen-bond donors (Lipinski definition) is 0. The molecule has 0 unspecified atom stereocenters. The van der Waals surface area contributed by atoms with Crippen molar-refractivity contribution in [1.82, 2.24) is 9.97 Å². The van der Waals surface area contributed by atoms with Gasteiger partial charge in [0, 0.05) is 34.3 Å². The monoisotopic (exact) mass is 684 g/mol. The first-order valence-corrected chi connectivity index (χ1v) is 18.5. The fraction of sp³-hybridized carbons (Fsp3) is 0. The lowest BCUT2D eigenvalue weighted by Gasteiger charge is -2.21. The first kappa shape index (κ1) is 30.5. The van der Waals surface area contributed by atoms with Gasteiger partial charge in [0.05, 0.1) is 11.0 Å². The molecule has 2 heterocycles. The van der Waals surface area contributed by atoms with Crippen molar-refractivity contribution >= 4 is 64.9 Å². The lowest BCUT2D eigenvalue weighted by Crippen LogP contribution is -1.95. The Morgan fingerprint density at radius 3 is 1.24 bits per heavy atom. The number of nitrogens with zero attached hydrogens (tertiary/aromatic N) is 2. The molecule has 250 valence electrons. The third kappa shape index (κ3) is 4.54. The Morgan fingerprint density at radius 2 is 0.648 bits per heavy atom. The average molecular weight is 685 g/mol. The Kier molecular flexibility index (Phi) is 6.90. The number of rotatable bonds is 4. The van der Waals surface area contributed by atoms with Gasteiger partial charge in [-0.2, -0.15) is 0 Å². The highest BCUT2D eigenvalue weighted by Gasteiger charge is 2.23. The van der Waals surface area contributed by atoms with Crippen molar-refractivity contribution < 1.29 is 0 Å². The normalized spacial score (nSPS) is 11.7. The van der Waals surface area contributed by atoms with E-state index in [4.69, 9.17) is 9.97 Å². The van der Waals surface area contributed by atoms with Crippen LogP contribution >= 0.6 is 0 Å². The van der Waals surface area contributed by atoms with Gasteiger partial charge in [-0.15, -0.1) is 0 Å². The SMILES string of the molecule is c1ccc(-c2c3ccccc3c(-c3ccc(-c4c5ccccc5c(-c5cccc6ccccc56)c5ncccc45)c4ccccc34)c3cccnc23)cc1. The highest BCUT2D eigenvalue weighted by Crippen LogP contribution is 2.49. The summed E-state index contributed by atoms with van der Waals surface area (Å²) >= 11 is 0. The number of hydrogen-bond acceptors (Lipinski definition) is 2. The molecule has 11 aromatic rings. The van der Waals surface area contributed by atoms with E-state index in [1.54, 1.807) is 0 Å². The van der Waals surface area contributed by atoms with E-state index in [2.05, 4.69) is 182 Å². The molecule has 0 radical (unpaired) electrons. The fourth-order valence-electron chi connectivity index (χ4n) is 8.92. The summed E-state index contributed by atoms with van der Waals surface area (Å²) in [6, 6.07) is 65.8. The van der Waals surface area contributed by atoms with E-state index in [9.17, 15) is 0 Å². The number of benzene rings is 9. The zero-order chi connectivity index (χ0) is 35.6. The summed E-state index contributed by atoms with van der Waals surface area (Å²) in [4.78, 5) is 10.2. The third-order valence-electron chi connectivity index (χ3n) is 11.1. The maximum Gasteiger partial charge on any atom is 0.0793 e. The second kappa shape index (κ2) is 12.2. The third-order valence-corrected chi connectivity index (χ3v) is 11.1. The fourth-order valence-corrected chi connectivity index (χ4v) is 8.92. The van der Waals surface area contributed by atoms with Crippen molar-refractivity contribution in [3.05, 3.63) is 194 Å². The van der Waals surface area contributed by atoms with Gasteiger partial charge >= 0.3 is 0 Å². The van der Waals surface area contributed by atoms with Crippen LogP contribution in [0.3, 0.4) is 0 Å². The molecule has 9 aromatic carbocycles. The van der Waals surface area contributed by atoms with Crippen LogP contribution in [0.4, 0.5) is 0 Å². The summed E-state index contributed by atoms with van der Waals surface area (Å²) in [5, 5.41) is 12.0. The van der Waals surface area contributed by atoms with Crippen molar-refractivity contribution in [2.75, 3.05) is 0 Å². The Morgan fingerprint density at radius 1 is 0.241 bits per heavy atom. The molecule has 0 aliphatic heterocycles. The molecule has 0 fully saturated rings. The second-order valence-corrected chi connectivity index (χ2v) is 14.0. The topological polar surface area (TPSA) is 25.8 Å². The van der Waals surface area contributed by atoms with E-state index in [0.717, 1.165) is 21.8 Å². The number of fused-ring (bicyclic) bond motifs is 6. The lowest BCUT2D eigenvalue weighted by molar-refractivity contribution is 1.42. The van der Waals surface area contributed by atoms with Gasteiger partial charge in [0.25, 0.3) is 0 Å². The zero-order valence-corrected chi connectivity index (χ0v) is 29.4. The van der Waals surface area contributed by atoms with E-state index < -0.39 is 0 Å². The van der Waals surface area contributed by atoms with Crippen LogP contribution in [0, 0.1) is 0 Å². The highest BCUT2D eigenvalue weighted by molar-refractivity contribution is 6.27. The van der Waals surface area contributed by atoms with Gasteiger partial charge in [-0.05, 0) is 88.6 Å². The van der Waals surface area contributed by atoms with Crippen LogP contribution in [-0.2, 0) is 0 Å². The largest absolute Gasteiger partial charge is 0.256 e. The van der Waals surface area contributed by atoms with Gasteiger partial charge in [-0.25, -0.2) is 0 Å². The van der Waals surface area contributed by atoms with Crippen molar-refractivity contribution in [2.24, 2.45) is 0 Å². The Balaban J connectivity index is 1.23. The molecule has 0 bridgehead atoms. The van der Waals surface area contributed by atoms with E-state index >= 15 is 0 Å². The Bertz CT molecular complexity index is 3150. The molecule has 0 aliphatic rings. The van der Waals surface area contributed by atoms with Gasteiger partial charge in [-0.3, -0.25) is 9.97 Å². The van der Waals surface area contributed by atoms with E-state index in [-0.39, 0.29) is 0 Å². The minimum absolute atomic E-state index is 1.01. The maximum atomic E-state index is 5.14. The van der Waals surface area contributed by atoms with Crippen LogP contribution in [0.25, 0.3) is 109 Å². The van der Waals surface area contributed by atoms with Crippen LogP contribution in [0.1, 0.15) is 0 Å². The summed E-state index contributed by atoms with van der Waals surface area (Å²) < 4.78 is 0. The molecule has 0 amide bonds. The van der Waals surface area contributed by atoms with Crippen LogP contribution in [0.5, 0.6) is 0 Å². The minimum Gasteiger partial charge on any atom is -0.256 e. The first-order valence-electron chi connectivity index (χ1n) is 18.5. The molecule has 11 rings (SSSR count). The quantitative estimate of drug-likeness (QED) is 0.172. The van der Waals surface area contributed by atoms with Crippen LogP contribution in [0.15, 0.2) is 194 Å². The molecular weight excluding hydrogens is 653 g/mol. The molecular formula is C52H32N2. The lowest BCUT2D eigenvalue weighted by atomic mass is 9.83. The molecule has 0 atom stereocenters. The Labute approximate surface area is 312 Å². The van der Waals surface area contributed by atoms with Gasteiger partial charge in [0.15, 0.2) is 0 Å². The molecule has 2 aromatic heterocycles. The molecule has 0 aliphatic carbocycles. The minimum atomic E-state index is 1.01. The Hall–Kier alpha value is -7.16. The van der Waals surface area contributed by atoms with E-state index in [1.165, 1.54) is 87.6 Å². The number of aromatic nitrogens is 2. The molecule has 2 nitrogen and oxygen atoms in total. The zero-order valence-electron chi connectivity index (χ0n) is 29.4. The van der Waals surface area contributed by atoms with Crippen molar-refractivity contribution in [3.8, 4) is 44.5 Å². The van der Waals surface area contributed by atoms with Gasteiger partial charge in [0.2, 0.25) is 0 Å². The van der Waals surface area contributed by atoms with Crippen LogP contribution in [-0.4, -0.2) is 9.97 Å². The summed E-state index contributed by atoms with van der Waals surface area (Å²) in [5.74, 6) is 0. The summed E-state index contributed by atoms with van der Waals surface area (Å²) in [6.45, 7) is 0. The van der Waals surface area contributed by atoms with Crippen LogP contribution in [0.2, 0.25) is 0 Å². The predicted molar refractivity (Wildman–Crippen MR) is 229 cm³/mol. The van der Waals surface area contributed by atoms with E-state index in [0.29, 0.717) is 0 Å². The molecule has 0 N–H and O–H groups in total. The van der Waals surface area contributed by atoms with Crippen molar-refractivity contribution in [1.29, 1.82) is 0 Å². The summed E-state index contributed by atoms with van der Waals surface area (Å²) in [5.41, 5.74) is 11.5. The van der Waals surface area contributed by atoms with Gasteiger partial charge in [0.1, 0.15) is 0 Å². The summed E-state index contributed by atoms with van der Waals surface area (Å²) in [6.07, 6.45) is 3.85. The predicted octanol–water partition coefficient (Wildman–Crippen LogP) is 14.1. The van der Waals surface area contributed by atoms with Gasteiger partial charge < -0.3 is 0 Å². The standard InChI is InChI=1S/C52H32N2/c1-2-16-34(17-3-1)47-39-22-8-9-23-40(39)48(45-27-13-31-53-51(45)47)43-29-30-44(37-21-7-6-20-36(37)43)49-41-24-10-11-25-42(41)50(52-46(49)28-14-32-54-52)38-26-12-18-33-15-4-5-19-35(33)38/h1-32H. The summed E-state index contributed by atoms with van der Waals surface area (Å²) in [7, 11) is 0. The molecule has 0 saturated carbocycles. The maximum absolute atomic E-state index is 5.14. The smallest absolute Gasteiger partial charge is 0.0793 e. The van der Waals surface area contributed by atoms with E-state index in [1.807, 2.05) is 12.4 Å². The van der Waals surface area contributed by atoms with Crippen molar-refractivity contribution in [2.45, 2.75) is 0 Å². The highest BCUT2D eigenvalue weighted by atomic mass is 14.7. The molecule has 0 saturated heterocycles. The molecule has 54 heavy (non-hydrogen) atoms. The van der Waals surface area contributed by atoms with Crippen LogP contribution < -0.4 is 0 Å². The molecule has 2 heteroatoms.